The number of rotatable bonds is 5. The number of amides is 5. The number of piperazine rings is 1. The fourth-order valence-electron chi connectivity index (χ4n) is 5.89. The number of fused-ring (bicyclic) bond motifs is 1. The van der Waals surface area contributed by atoms with Crippen molar-refractivity contribution in [3.8, 4) is 11.1 Å². The maximum absolute atomic E-state index is 14.1. The van der Waals surface area contributed by atoms with E-state index in [2.05, 4.69) is 15.6 Å². The van der Waals surface area contributed by atoms with Crippen LogP contribution in [-0.2, 0) is 28.9 Å². The number of nitrogens with zero attached hydrogens (tertiary/aromatic N) is 4. The van der Waals surface area contributed by atoms with Crippen LogP contribution in [0.4, 0.5) is 23.8 Å². The summed E-state index contributed by atoms with van der Waals surface area (Å²) < 4.78 is 42.2. The van der Waals surface area contributed by atoms with E-state index >= 15 is 0 Å². The van der Waals surface area contributed by atoms with Crippen molar-refractivity contribution in [3.63, 3.8) is 0 Å². The molecule has 3 aliphatic rings. The number of piperidine rings is 1. The molecular formula is C31H28ClF3N6O4. The van der Waals surface area contributed by atoms with Crippen molar-refractivity contribution in [2.75, 3.05) is 31.1 Å². The lowest BCUT2D eigenvalue weighted by atomic mass is 10.0. The molecule has 14 heteroatoms. The van der Waals surface area contributed by atoms with Gasteiger partial charge in [0.05, 0.1) is 5.56 Å². The van der Waals surface area contributed by atoms with E-state index in [1.807, 2.05) is 0 Å². The van der Waals surface area contributed by atoms with Crippen molar-refractivity contribution in [2.45, 2.75) is 38.1 Å². The molecule has 4 heterocycles. The summed E-state index contributed by atoms with van der Waals surface area (Å²) in [5.74, 6) is -1.31. The average Bonchev–Trinajstić information content (AvgIpc) is 3.34. The Morgan fingerprint density at radius 3 is 2.51 bits per heavy atom. The quantitative estimate of drug-likeness (QED) is 0.404. The largest absolute Gasteiger partial charge is 0.419 e. The van der Waals surface area contributed by atoms with Gasteiger partial charge in [0.25, 0.3) is 5.91 Å². The smallest absolute Gasteiger partial charge is 0.353 e. The number of hydrogen-bond donors (Lipinski definition) is 2. The molecule has 10 nitrogen and oxygen atoms in total. The Kier molecular flexibility index (Phi) is 8.12. The molecule has 45 heavy (non-hydrogen) atoms. The van der Waals surface area contributed by atoms with Crippen LogP contribution in [-0.4, -0.2) is 70.8 Å². The number of aromatic nitrogens is 1. The fraction of sp³-hybridized carbons (Fsp3) is 0.323. The van der Waals surface area contributed by atoms with E-state index in [-0.39, 0.29) is 75.8 Å². The summed E-state index contributed by atoms with van der Waals surface area (Å²) in [6.45, 7) is 1.11. The van der Waals surface area contributed by atoms with E-state index in [1.165, 1.54) is 20.9 Å². The molecule has 1 unspecified atom stereocenters. The third kappa shape index (κ3) is 6.30. The molecule has 3 aliphatic heterocycles. The normalized spacial score (nSPS) is 18.6. The Morgan fingerprint density at radius 1 is 1.02 bits per heavy atom. The Labute approximate surface area is 261 Å². The zero-order valence-electron chi connectivity index (χ0n) is 23.9. The first-order valence-corrected chi connectivity index (χ1v) is 14.7. The fourth-order valence-corrected chi connectivity index (χ4v) is 6.08. The number of pyridine rings is 1. The number of imide groups is 1. The van der Waals surface area contributed by atoms with Gasteiger partial charge in [-0.15, -0.1) is 0 Å². The van der Waals surface area contributed by atoms with Crippen LogP contribution in [0.2, 0.25) is 5.02 Å². The number of urea groups is 1. The molecular weight excluding hydrogens is 613 g/mol. The zero-order valence-corrected chi connectivity index (χ0v) is 24.6. The predicted octanol–water partition coefficient (Wildman–Crippen LogP) is 4.21. The number of carbonyl (C=O) groups excluding carboxylic acids is 4. The van der Waals surface area contributed by atoms with Crippen molar-refractivity contribution in [1.82, 2.24) is 25.4 Å². The van der Waals surface area contributed by atoms with Gasteiger partial charge in [0, 0.05) is 68.0 Å². The highest BCUT2D eigenvalue weighted by Gasteiger charge is 2.39. The van der Waals surface area contributed by atoms with Gasteiger partial charge in [0.1, 0.15) is 11.9 Å². The van der Waals surface area contributed by atoms with E-state index < -0.39 is 23.7 Å². The van der Waals surface area contributed by atoms with E-state index in [0.29, 0.717) is 21.7 Å². The lowest BCUT2D eigenvalue weighted by Gasteiger charge is -2.36. The highest BCUT2D eigenvalue weighted by molar-refractivity contribution is 6.30. The van der Waals surface area contributed by atoms with Crippen LogP contribution < -0.4 is 15.5 Å². The number of carbonyl (C=O) groups is 4. The van der Waals surface area contributed by atoms with Crippen LogP contribution in [0.25, 0.3) is 11.1 Å². The minimum Gasteiger partial charge on any atom is -0.353 e. The number of anilines is 1. The van der Waals surface area contributed by atoms with Gasteiger partial charge in [0.2, 0.25) is 11.8 Å². The molecule has 1 aromatic heterocycles. The SMILES string of the molecule is O=C1CCC(N2Cc3cc(CNC(=O)N4CCN(c5ncc(-c6cccc(Cl)c6)cc5C(F)(F)F)CC4)ccc3C2=O)C(=O)N1. The number of nitrogens with one attached hydrogen (secondary N) is 2. The maximum Gasteiger partial charge on any atom is 0.419 e. The van der Waals surface area contributed by atoms with Gasteiger partial charge in [-0.05, 0) is 47.4 Å². The summed E-state index contributed by atoms with van der Waals surface area (Å²) in [5, 5.41) is 5.52. The van der Waals surface area contributed by atoms with E-state index in [9.17, 15) is 32.3 Å². The molecule has 1 atom stereocenters. The van der Waals surface area contributed by atoms with Crippen LogP contribution in [0, 0.1) is 0 Å². The van der Waals surface area contributed by atoms with E-state index in [0.717, 1.165) is 17.2 Å². The molecule has 2 aromatic carbocycles. The van der Waals surface area contributed by atoms with Crippen molar-refractivity contribution >= 4 is 41.2 Å². The maximum atomic E-state index is 14.1. The Bertz CT molecular complexity index is 1690. The lowest BCUT2D eigenvalue weighted by molar-refractivity contribution is -0.138. The molecule has 0 aliphatic carbocycles. The average molecular weight is 641 g/mol. The van der Waals surface area contributed by atoms with Crippen LogP contribution in [0.15, 0.2) is 54.7 Å². The molecule has 3 aromatic rings. The standard InChI is InChI=1S/C31H28ClF3N6O4/c32-22-3-1-2-19(13-22)20-14-24(31(33,34)35)27(36-16-20)39-8-10-40(11-9-39)30(45)37-15-18-4-5-23-21(12-18)17-41(29(23)44)25-6-7-26(42)38-28(25)43/h1-5,12-14,16,25H,6-11,15,17H2,(H,37,45)(H,38,42,43). The summed E-state index contributed by atoms with van der Waals surface area (Å²) in [5.41, 5.74) is 1.90. The predicted molar refractivity (Wildman–Crippen MR) is 158 cm³/mol. The number of hydrogen-bond acceptors (Lipinski definition) is 6. The molecule has 0 bridgehead atoms. The van der Waals surface area contributed by atoms with Gasteiger partial charge in [-0.1, -0.05) is 35.9 Å². The second-order valence-corrected chi connectivity index (χ2v) is 11.6. The number of alkyl halides is 3. The van der Waals surface area contributed by atoms with Gasteiger partial charge >= 0.3 is 12.2 Å². The third-order valence-electron chi connectivity index (χ3n) is 8.23. The van der Waals surface area contributed by atoms with Gasteiger partial charge in [-0.2, -0.15) is 13.2 Å². The van der Waals surface area contributed by atoms with Crippen LogP contribution in [0.3, 0.4) is 0 Å². The van der Waals surface area contributed by atoms with Crippen LogP contribution >= 0.6 is 11.6 Å². The molecule has 2 fully saturated rings. The molecule has 5 amide bonds. The van der Waals surface area contributed by atoms with Crippen molar-refractivity contribution < 1.29 is 32.3 Å². The van der Waals surface area contributed by atoms with Gasteiger partial charge < -0.3 is 20.0 Å². The van der Waals surface area contributed by atoms with Crippen molar-refractivity contribution in [1.29, 1.82) is 0 Å². The number of halogens is 4. The minimum atomic E-state index is -4.63. The lowest BCUT2D eigenvalue weighted by Crippen LogP contribution is -2.52. The number of benzene rings is 2. The topological polar surface area (TPSA) is 115 Å². The first kappa shape index (κ1) is 30.4. The first-order chi connectivity index (χ1) is 21.5. The second kappa shape index (κ2) is 12.0. The molecule has 6 rings (SSSR count). The third-order valence-corrected chi connectivity index (χ3v) is 8.46. The summed E-state index contributed by atoms with van der Waals surface area (Å²) >= 11 is 6.02. The highest BCUT2D eigenvalue weighted by atomic mass is 35.5. The molecule has 0 radical (unpaired) electrons. The molecule has 0 saturated carbocycles. The second-order valence-electron chi connectivity index (χ2n) is 11.1. The summed E-state index contributed by atoms with van der Waals surface area (Å²) in [6, 6.07) is 11.7. The summed E-state index contributed by atoms with van der Waals surface area (Å²) in [6.07, 6.45) is -2.81. The van der Waals surface area contributed by atoms with E-state index in [4.69, 9.17) is 11.6 Å². The molecule has 0 spiro atoms. The summed E-state index contributed by atoms with van der Waals surface area (Å²) in [4.78, 5) is 58.3. The molecule has 2 saturated heterocycles. The molecule has 2 N–H and O–H groups in total. The van der Waals surface area contributed by atoms with E-state index in [1.54, 1.807) is 42.5 Å². The van der Waals surface area contributed by atoms with Crippen molar-refractivity contribution in [3.05, 3.63) is 82.0 Å². The highest BCUT2D eigenvalue weighted by Crippen LogP contribution is 2.38. The molecule has 234 valence electrons. The Morgan fingerprint density at radius 2 is 1.80 bits per heavy atom. The van der Waals surface area contributed by atoms with Gasteiger partial charge in [-0.3, -0.25) is 19.7 Å². The first-order valence-electron chi connectivity index (χ1n) is 14.4. The summed E-state index contributed by atoms with van der Waals surface area (Å²) in [7, 11) is 0. The zero-order chi connectivity index (χ0) is 31.9. The van der Waals surface area contributed by atoms with Gasteiger partial charge in [-0.25, -0.2) is 9.78 Å². The van der Waals surface area contributed by atoms with Crippen molar-refractivity contribution in [2.24, 2.45) is 0 Å². The Balaban J connectivity index is 1.06. The van der Waals surface area contributed by atoms with Crippen LogP contribution in [0.1, 0.15) is 39.9 Å². The monoisotopic (exact) mass is 640 g/mol. The minimum absolute atomic E-state index is 0.164. The van der Waals surface area contributed by atoms with Crippen LogP contribution in [0.5, 0.6) is 0 Å². The Hall–Kier alpha value is -4.65. The van der Waals surface area contributed by atoms with Gasteiger partial charge in [0.15, 0.2) is 0 Å².